The molecule has 3 nitrogen and oxygen atoms in total. The summed E-state index contributed by atoms with van der Waals surface area (Å²) in [6.45, 7) is 3.86. The average molecular weight is 260 g/mol. The van der Waals surface area contributed by atoms with Crippen molar-refractivity contribution in [3.8, 4) is 0 Å². The van der Waals surface area contributed by atoms with Crippen LogP contribution in [0.5, 0.6) is 0 Å². The number of nitrogens with zero attached hydrogens (tertiary/aromatic N) is 1. The minimum absolute atomic E-state index is 0.560. The Labute approximate surface area is 110 Å². The predicted molar refractivity (Wildman–Crippen MR) is 76.6 cm³/mol. The minimum atomic E-state index is 0.560. The van der Waals surface area contributed by atoms with Crippen LogP contribution in [0.2, 0.25) is 0 Å². The van der Waals surface area contributed by atoms with E-state index in [2.05, 4.69) is 18.2 Å². The van der Waals surface area contributed by atoms with Gasteiger partial charge in [-0.3, -0.25) is 0 Å². The average Bonchev–Trinajstić information content (AvgIpc) is 2.36. The second-order valence-corrected chi connectivity index (χ2v) is 6.01. The molecule has 1 saturated heterocycles. The lowest BCUT2D eigenvalue weighted by Gasteiger charge is -2.32. The number of ether oxygens (including phenoxy) is 1. The molecule has 2 N–H and O–H groups in total. The van der Waals surface area contributed by atoms with Crippen LogP contribution in [-0.4, -0.2) is 56.3 Å². The lowest BCUT2D eigenvalue weighted by molar-refractivity contribution is 0.0502. The van der Waals surface area contributed by atoms with E-state index in [0.717, 1.165) is 25.7 Å². The third-order valence-corrected chi connectivity index (χ3v) is 4.37. The van der Waals surface area contributed by atoms with Crippen molar-refractivity contribution in [2.24, 2.45) is 11.7 Å². The zero-order chi connectivity index (χ0) is 12.5. The van der Waals surface area contributed by atoms with E-state index in [0.29, 0.717) is 6.04 Å². The molecule has 0 aliphatic carbocycles. The Hall–Kier alpha value is 0.230. The number of thioether (sulfide) groups is 1. The van der Waals surface area contributed by atoms with E-state index in [1.165, 1.54) is 38.0 Å². The zero-order valence-corrected chi connectivity index (χ0v) is 12.2. The molecule has 1 heterocycles. The second kappa shape index (κ2) is 9.20. The van der Waals surface area contributed by atoms with E-state index >= 15 is 0 Å². The van der Waals surface area contributed by atoms with Gasteiger partial charge in [-0.1, -0.05) is 0 Å². The molecule has 0 aromatic rings. The third kappa shape index (κ3) is 6.09. The molecule has 1 unspecified atom stereocenters. The first-order valence-electron chi connectivity index (χ1n) is 6.75. The maximum Gasteiger partial charge on any atom is 0.0469 e. The highest BCUT2D eigenvalue weighted by Gasteiger charge is 2.19. The Kier molecular flexibility index (Phi) is 8.27. The topological polar surface area (TPSA) is 38.5 Å². The van der Waals surface area contributed by atoms with Gasteiger partial charge in [0.1, 0.15) is 0 Å². The van der Waals surface area contributed by atoms with E-state index in [9.17, 15) is 0 Å². The number of nitrogens with two attached hydrogens (primary N) is 1. The van der Waals surface area contributed by atoms with Crippen LogP contribution in [0, 0.1) is 5.92 Å². The number of hydrogen-bond acceptors (Lipinski definition) is 4. The summed E-state index contributed by atoms with van der Waals surface area (Å²) in [5.74, 6) is 2.06. The van der Waals surface area contributed by atoms with Crippen molar-refractivity contribution in [1.82, 2.24) is 4.90 Å². The standard InChI is InChI=1S/C13H28N2OS/c1-15(11-12-5-7-16-8-6-12)13(10-14)4-3-9-17-2/h12-13H,3-11,14H2,1-2H3. The van der Waals surface area contributed by atoms with Gasteiger partial charge in [0.25, 0.3) is 0 Å². The van der Waals surface area contributed by atoms with Crippen molar-refractivity contribution in [2.75, 3.05) is 45.4 Å². The quantitative estimate of drug-likeness (QED) is 0.676. The fraction of sp³-hybridized carbons (Fsp3) is 1.00. The summed E-state index contributed by atoms with van der Waals surface area (Å²) >= 11 is 1.93. The van der Waals surface area contributed by atoms with Gasteiger partial charge in [-0.15, -0.1) is 0 Å². The van der Waals surface area contributed by atoms with Gasteiger partial charge >= 0.3 is 0 Å². The van der Waals surface area contributed by atoms with Crippen LogP contribution in [0.4, 0.5) is 0 Å². The largest absolute Gasteiger partial charge is 0.381 e. The van der Waals surface area contributed by atoms with Gasteiger partial charge in [0.2, 0.25) is 0 Å². The molecule has 0 bridgehead atoms. The Balaban J connectivity index is 2.23. The van der Waals surface area contributed by atoms with Crippen molar-refractivity contribution in [3.63, 3.8) is 0 Å². The Morgan fingerprint density at radius 1 is 1.41 bits per heavy atom. The fourth-order valence-corrected chi connectivity index (χ4v) is 2.92. The second-order valence-electron chi connectivity index (χ2n) is 5.02. The van der Waals surface area contributed by atoms with Crippen molar-refractivity contribution in [1.29, 1.82) is 0 Å². The molecule has 4 heteroatoms. The summed E-state index contributed by atoms with van der Waals surface area (Å²) in [4.78, 5) is 2.47. The summed E-state index contributed by atoms with van der Waals surface area (Å²) in [6, 6.07) is 0.560. The predicted octanol–water partition coefficient (Wildman–Crippen LogP) is 1.82. The molecule has 0 aromatic carbocycles. The first-order chi connectivity index (χ1) is 8.27. The number of hydrogen-bond donors (Lipinski definition) is 1. The molecule has 17 heavy (non-hydrogen) atoms. The van der Waals surface area contributed by atoms with Crippen LogP contribution in [0.15, 0.2) is 0 Å². The lowest BCUT2D eigenvalue weighted by atomic mass is 9.98. The van der Waals surface area contributed by atoms with Crippen LogP contribution < -0.4 is 5.73 Å². The molecule has 0 spiro atoms. The Morgan fingerprint density at radius 2 is 2.12 bits per heavy atom. The van der Waals surface area contributed by atoms with Crippen molar-refractivity contribution in [3.05, 3.63) is 0 Å². The molecular weight excluding hydrogens is 232 g/mol. The molecule has 0 amide bonds. The van der Waals surface area contributed by atoms with Crippen LogP contribution in [0.3, 0.4) is 0 Å². The highest BCUT2D eigenvalue weighted by atomic mass is 32.2. The molecule has 1 fully saturated rings. The molecule has 102 valence electrons. The number of rotatable bonds is 8. The normalized spacial score (nSPS) is 19.8. The Bertz CT molecular complexity index is 186. The molecule has 1 rings (SSSR count). The van der Waals surface area contributed by atoms with Crippen LogP contribution >= 0.6 is 11.8 Å². The third-order valence-electron chi connectivity index (χ3n) is 3.67. The summed E-state index contributed by atoms with van der Waals surface area (Å²) < 4.78 is 5.40. The van der Waals surface area contributed by atoms with Crippen LogP contribution in [0.25, 0.3) is 0 Å². The SMILES string of the molecule is CSCCCC(CN)N(C)CC1CCOCC1. The maximum absolute atomic E-state index is 5.89. The first kappa shape index (κ1) is 15.3. The first-order valence-corrected chi connectivity index (χ1v) is 8.14. The maximum atomic E-state index is 5.89. The molecule has 0 radical (unpaired) electrons. The molecule has 1 aliphatic rings. The number of likely N-dealkylation sites (N-methyl/N-ethyl adjacent to an activating group) is 1. The molecular formula is C13H28N2OS. The molecule has 0 aromatic heterocycles. The fourth-order valence-electron chi connectivity index (χ4n) is 2.47. The van der Waals surface area contributed by atoms with E-state index < -0.39 is 0 Å². The summed E-state index contributed by atoms with van der Waals surface area (Å²) in [7, 11) is 2.23. The lowest BCUT2D eigenvalue weighted by Crippen LogP contribution is -2.41. The van der Waals surface area contributed by atoms with Gasteiger partial charge in [-0.05, 0) is 50.7 Å². The van der Waals surface area contributed by atoms with Gasteiger partial charge in [0.15, 0.2) is 0 Å². The summed E-state index contributed by atoms with van der Waals surface area (Å²) in [5, 5.41) is 0. The minimum Gasteiger partial charge on any atom is -0.381 e. The van der Waals surface area contributed by atoms with Gasteiger partial charge in [-0.25, -0.2) is 0 Å². The highest BCUT2D eigenvalue weighted by Crippen LogP contribution is 2.17. The van der Waals surface area contributed by atoms with Crippen molar-refractivity contribution < 1.29 is 4.74 Å². The smallest absolute Gasteiger partial charge is 0.0469 e. The molecule has 0 saturated carbocycles. The summed E-state index contributed by atoms with van der Waals surface area (Å²) in [6.07, 6.45) is 7.11. The molecule has 1 aliphatic heterocycles. The van der Waals surface area contributed by atoms with E-state index in [1.807, 2.05) is 11.8 Å². The monoisotopic (exact) mass is 260 g/mol. The Morgan fingerprint density at radius 3 is 2.71 bits per heavy atom. The summed E-state index contributed by atoms with van der Waals surface area (Å²) in [5.41, 5.74) is 5.89. The molecule has 1 atom stereocenters. The highest BCUT2D eigenvalue weighted by molar-refractivity contribution is 7.98. The van der Waals surface area contributed by atoms with Gasteiger partial charge in [0.05, 0.1) is 0 Å². The van der Waals surface area contributed by atoms with E-state index in [4.69, 9.17) is 10.5 Å². The van der Waals surface area contributed by atoms with Crippen LogP contribution in [-0.2, 0) is 4.74 Å². The zero-order valence-electron chi connectivity index (χ0n) is 11.4. The van der Waals surface area contributed by atoms with E-state index in [1.54, 1.807) is 0 Å². The van der Waals surface area contributed by atoms with Gasteiger partial charge in [0, 0.05) is 32.3 Å². The van der Waals surface area contributed by atoms with Gasteiger partial charge in [-0.2, -0.15) is 11.8 Å². The van der Waals surface area contributed by atoms with Gasteiger partial charge < -0.3 is 15.4 Å². The van der Waals surface area contributed by atoms with E-state index in [-0.39, 0.29) is 0 Å². The van der Waals surface area contributed by atoms with Crippen LogP contribution in [0.1, 0.15) is 25.7 Å². The van der Waals surface area contributed by atoms with Crippen molar-refractivity contribution >= 4 is 11.8 Å². The van der Waals surface area contributed by atoms with Crippen molar-refractivity contribution in [2.45, 2.75) is 31.7 Å².